The molecule has 21 heavy (non-hydrogen) atoms. The highest BCUT2D eigenvalue weighted by Gasteiger charge is 2.18. The van der Waals surface area contributed by atoms with Crippen molar-refractivity contribution >= 4 is 27.6 Å². The van der Waals surface area contributed by atoms with E-state index in [2.05, 4.69) is 67.6 Å². The topological polar surface area (TPSA) is 0 Å². The van der Waals surface area contributed by atoms with Gasteiger partial charge < -0.3 is 0 Å². The smallest absolute Gasteiger partial charge is 0.00992 e. The van der Waals surface area contributed by atoms with Crippen LogP contribution >= 0.6 is 0 Å². The Labute approximate surface area is 126 Å². The van der Waals surface area contributed by atoms with Gasteiger partial charge in [0.05, 0.1) is 0 Å². The van der Waals surface area contributed by atoms with Crippen LogP contribution in [0.4, 0.5) is 0 Å². The average molecular weight is 271 g/mol. The first-order chi connectivity index (χ1) is 10.4. The molecule has 1 aliphatic carbocycles. The molecule has 1 unspecified atom stereocenters. The fraction of sp³-hybridized carbons (Fsp3) is 0.190. The second-order valence-corrected chi connectivity index (χ2v) is 5.93. The standard InChI is InChI=1S/C21H19/c1-2-6-15-8-5-10-19-18(15)13-14-20-17-9-4-3-7-16(17)11-12-21(19)20/h3-5,7,9-15H,1-2,6,8H2. The van der Waals surface area contributed by atoms with E-state index in [0.717, 1.165) is 12.8 Å². The lowest BCUT2D eigenvalue weighted by Gasteiger charge is -2.23. The lowest BCUT2D eigenvalue weighted by molar-refractivity contribution is 0.635. The molecule has 0 aliphatic heterocycles. The highest BCUT2D eigenvalue weighted by Crippen LogP contribution is 2.38. The summed E-state index contributed by atoms with van der Waals surface area (Å²) in [5, 5.41) is 5.42. The minimum atomic E-state index is 0.637. The van der Waals surface area contributed by atoms with Crippen molar-refractivity contribution in [2.45, 2.75) is 25.2 Å². The first kappa shape index (κ1) is 12.6. The molecule has 3 aromatic carbocycles. The van der Waals surface area contributed by atoms with Crippen molar-refractivity contribution in [2.75, 3.05) is 0 Å². The second-order valence-electron chi connectivity index (χ2n) is 5.93. The normalized spacial score (nSPS) is 17.3. The molecule has 0 bridgehead atoms. The van der Waals surface area contributed by atoms with Gasteiger partial charge in [-0.15, -0.1) is 0 Å². The van der Waals surface area contributed by atoms with Gasteiger partial charge in [0.2, 0.25) is 0 Å². The molecule has 1 atom stereocenters. The quantitative estimate of drug-likeness (QED) is 0.493. The summed E-state index contributed by atoms with van der Waals surface area (Å²) in [7, 11) is 0. The molecule has 4 rings (SSSR count). The van der Waals surface area contributed by atoms with Gasteiger partial charge in [-0.25, -0.2) is 0 Å². The van der Waals surface area contributed by atoms with Crippen molar-refractivity contribution < 1.29 is 0 Å². The molecule has 3 aromatic rings. The zero-order chi connectivity index (χ0) is 14.2. The van der Waals surface area contributed by atoms with E-state index in [1.807, 2.05) is 0 Å². The Morgan fingerprint density at radius 2 is 1.76 bits per heavy atom. The molecule has 0 fully saturated rings. The van der Waals surface area contributed by atoms with E-state index < -0.39 is 0 Å². The van der Waals surface area contributed by atoms with Crippen LogP contribution in [-0.2, 0) is 0 Å². The molecular formula is C21H19. The van der Waals surface area contributed by atoms with E-state index in [1.165, 1.54) is 39.1 Å². The molecule has 0 spiro atoms. The molecule has 0 heteroatoms. The third-order valence-corrected chi connectivity index (χ3v) is 4.70. The third-order valence-electron chi connectivity index (χ3n) is 4.70. The summed E-state index contributed by atoms with van der Waals surface area (Å²) in [6, 6.07) is 17.8. The Kier molecular flexibility index (Phi) is 3.03. The Morgan fingerprint density at radius 3 is 2.67 bits per heavy atom. The highest BCUT2D eigenvalue weighted by molar-refractivity contribution is 6.10. The zero-order valence-electron chi connectivity index (χ0n) is 12.2. The van der Waals surface area contributed by atoms with E-state index in [0.29, 0.717) is 5.92 Å². The highest BCUT2D eigenvalue weighted by atomic mass is 14.2. The molecule has 1 aliphatic rings. The maximum atomic E-state index is 4.03. The maximum Gasteiger partial charge on any atom is -0.00992 e. The minimum absolute atomic E-state index is 0.637. The van der Waals surface area contributed by atoms with Gasteiger partial charge in [0.25, 0.3) is 0 Å². The van der Waals surface area contributed by atoms with Crippen LogP contribution in [0.5, 0.6) is 0 Å². The number of allylic oxidation sites excluding steroid dienone is 1. The van der Waals surface area contributed by atoms with Crippen LogP contribution < -0.4 is 0 Å². The largest absolute Gasteiger partial charge is 0.0833 e. The predicted octanol–water partition coefficient (Wildman–Crippen LogP) is 6.11. The molecule has 0 N–H and O–H groups in total. The Bertz CT molecular complexity index is 839. The van der Waals surface area contributed by atoms with E-state index in [-0.39, 0.29) is 0 Å². The van der Waals surface area contributed by atoms with Crippen LogP contribution in [0, 0.1) is 6.92 Å². The van der Waals surface area contributed by atoms with Gasteiger partial charge in [0.1, 0.15) is 0 Å². The van der Waals surface area contributed by atoms with Crippen molar-refractivity contribution in [2.24, 2.45) is 0 Å². The van der Waals surface area contributed by atoms with Crippen LogP contribution in [0.25, 0.3) is 27.6 Å². The molecule has 103 valence electrons. The molecular weight excluding hydrogens is 252 g/mol. The summed E-state index contributed by atoms with van der Waals surface area (Å²) < 4.78 is 0. The zero-order valence-corrected chi connectivity index (χ0v) is 12.2. The molecule has 0 nitrogen and oxygen atoms in total. The number of benzene rings is 3. The van der Waals surface area contributed by atoms with Gasteiger partial charge in [-0.05, 0) is 51.4 Å². The van der Waals surface area contributed by atoms with Crippen molar-refractivity contribution in [1.82, 2.24) is 0 Å². The van der Waals surface area contributed by atoms with Gasteiger partial charge in [-0.1, -0.05) is 74.0 Å². The Hall–Kier alpha value is -2.08. The van der Waals surface area contributed by atoms with Gasteiger partial charge in [-0.2, -0.15) is 0 Å². The van der Waals surface area contributed by atoms with Gasteiger partial charge in [0.15, 0.2) is 0 Å². The first-order valence-corrected chi connectivity index (χ1v) is 7.78. The lowest BCUT2D eigenvalue weighted by atomic mass is 9.81. The monoisotopic (exact) mass is 271 g/mol. The van der Waals surface area contributed by atoms with E-state index >= 15 is 0 Å². The molecule has 0 saturated carbocycles. The summed E-state index contributed by atoms with van der Waals surface area (Å²) in [5.41, 5.74) is 2.92. The third kappa shape index (κ3) is 1.98. The molecule has 0 amide bonds. The summed E-state index contributed by atoms with van der Waals surface area (Å²) in [6.07, 6.45) is 7.98. The van der Waals surface area contributed by atoms with Crippen molar-refractivity contribution in [1.29, 1.82) is 0 Å². The molecule has 0 aromatic heterocycles. The van der Waals surface area contributed by atoms with E-state index in [1.54, 1.807) is 0 Å². The van der Waals surface area contributed by atoms with Gasteiger partial charge >= 0.3 is 0 Å². The second kappa shape index (κ2) is 5.04. The van der Waals surface area contributed by atoms with Gasteiger partial charge in [-0.3, -0.25) is 0 Å². The van der Waals surface area contributed by atoms with Crippen molar-refractivity contribution in [3.8, 4) is 0 Å². The number of hydrogen-bond acceptors (Lipinski definition) is 0. The molecule has 0 saturated heterocycles. The maximum absolute atomic E-state index is 4.03. The van der Waals surface area contributed by atoms with Crippen molar-refractivity contribution in [3.63, 3.8) is 0 Å². The Balaban J connectivity index is 2.02. The number of fused-ring (bicyclic) bond motifs is 5. The van der Waals surface area contributed by atoms with Crippen LogP contribution in [0.3, 0.4) is 0 Å². The average Bonchev–Trinajstić information content (AvgIpc) is 2.55. The van der Waals surface area contributed by atoms with E-state index in [4.69, 9.17) is 0 Å². The van der Waals surface area contributed by atoms with Crippen LogP contribution in [-0.4, -0.2) is 0 Å². The SMILES string of the molecule is [CH2]CCC1CC=Cc2c1ccc1c2ccc2ccccc21. The Morgan fingerprint density at radius 1 is 0.905 bits per heavy atom. The van der Waals surface area contributed by atoms with Crippen LogP contribution in [0.1, 0.15) is 36.3 Å². The fourth-order valence-corrected chi connectivity index (χ4v) is 3.67. The summed E-state index contributed by atoms with van der Waals surface area (Å²) in [6.45, 7) is 4.03. The fourth-order valence-electron chi connectivity index (χ4n) is 3.67. The minimum Gasteiger partial charge on any atom is -0.0833 e. The first-order valence-electron chi connectivity index (χ1n) is 7.78. The van der Waals surface area contributed by atoms with Gasteiger partial charge in [0, 0.05) is 0 Å². The number of rotatable bonds is 2. The summed E-state index contributed by atoms with van der Waals surface area (Å²) in [4.78, 5) is 0. The van der Waals surface area contributed by atoms with E-state index in [9.17, 15) is 0 Å². The van der Waals surface area contributed by atoms with Crippen LogP contribution in [0.2, 0.25) is 0 Å². The number of hydrogen-bond donors (Lipinski definition) is 0. The lowest BCUT2D eigenvalue weighted by Crippen LogP contribution is -2.04. The van der Waals surface area contributed by atoms with Crippen LogP contribution in [0.15, 0.2) is 54.6 Å². The van der Waals surface area contributed by atoms with Crippen molar-refractivity contribution in [3.05, 3.63) is 72.7 Å². The predicted molar refractivity (Wildman–Crippen MR) is 92.4 cm³/mol. The summed E-state index contributed by atoms with van der Waals surface area (Å²) >= 11 is 0. The molecule has 0 heterocycles. The molecule has 1 radical (unpaired) electrons. The summed E-state index contributed by atoms with van der Waals surface area (Å²) in [5.74, 6) is 0.637.